The second-order valence-corrected chi connectivity index (χ2v) is 5.78. The standard InChI is InChI=1S/C17H21N3O3/c1-2-23-17(22)13-6-9-19(10-7-13)16(21)11-14-12-20-8-4-3-5-15(20)18-14/h3-5,8,12-13H,2,6-7,9-11H2,1H3. The molecule has 2 aromatic heterocycles. The summed E-state index contributed by atoms with van der Waals surface area (Å²) >= 11 is 0. The molecular weight excluding hydrogens is 294 g/mol. The van der Waals surface area contributed by atoms with Crippen LogP contribution in [0.4, 0.5) is 0 Å². The lowest BCUT2D eigenvalue weighted by molar-refractivity contribution is -0.151. The molecule has 1 aliphatic rings. The highest BCUT2D eigenvalue weighted by Crippen LogP contribution is 2.19. The van der Waals surface area contributed by atoms with Crippen LogP contribution in [0.5, 0.6) is 0 Å². The van der Waals surface area contributed by atoms with Gasteiger partial charge >= 0.3 is 5.97 Å². The largest absolute Gasteiger partial charge is 0.466 e. The van der Waals surface area contributed by atoms with Gasteiger partial charge in [0.15, 0.2) is 0 Å². The fraction of sp³-hybridized carbons (Fsp3) is 0.471. The lowest BCUT2D eigenvalue weighted by Crippen LogP contribution is -2.41. The Labute approximate surface area is 135 Å². The lowest BCUT2D eigenvalue weighted by atomic mass is 9.97. The predicted octanol–water partition coefficient (Wildman–Crippen LogP) is 1.68. The summed E-state index contributed by atoms with van der Waals surface area (Å²) in [7, 11) is 0. The first-order valence-electron chi connectivity index (χ1n) is 8.04. The van der Waals surface area contributed by atoms with Crippen molar-refractivity contribution in [3.05, 3.63) is 36.3 Å². The number of pyridine rings is 1. The molecule has 0 unspecified atom stereocenters. The fourth-order valence-electron chi connectivity index (χ4n) is 2.96. The van der Waals surface area contributed by atoms with Crippen molar-refractivity contribution in [3.8, 4) is 0 Å². The molecule has 0 saturated carbocycles. The van der Waals surface area contributed by atoms with Crippen molar-refractivity contribution in [1.82, 2.24) is 14.3 Å². The third-order valence-electron chi connectivity index (χ3n) is 4.21. The van der Waals surface area contributed by atoms with Crippen molar-refractivity contribution in [2.75, 3.05) is 19.7 Å². The number of carbonyl (C=O) groups is 2. The zero-order valence-corrected chi connectivity index (χ0v) is 13.3. The topological polar surface area (TPSA) is 63.9 Å². The van der Waals surface area contributed by atoms with E-state index in [-0.39, 0.29) is 17.8 Å². The highest BCUT2D eigenvalue weighted by Gasteiger charge is 2.28. The number of likely N-dealkylation sites (tertiary alicyclic amines) is 1. The number of nitrogens with zero attached hydrogens (tertiary/aromatic N) is 3. The smallest absolute Gasteiger partial charge is 0.309 e. The number of imidazole rings is 1. The van der Waals surface area contributed by atoms with Crippen LogP contribution in [0.1, 0.15) is 25.5 Å². The number of amides is 1. The third-order valence-corrected chi connectivity index (χ3v) is 4.21. The van der Waals surface area contributed by atoms with Crippen LogP contribution >= 0.6 is 0 Å². The van der Waals surface area contributed by atoms with E-state index in [2.05, 4.69) is 4.98 Å². The van der Waals surface area contributed by atoms with Gasteiger partial charge in [-0.3, -0.25) is 9.59 Å². The first-order valence-corrected chi connectivity index (χ1v) is 8.04. The highest BCUT2D eigenvalue weighted by molar-refractivity contribution is 5.79. The van der Waals surface area contributed by atoms with Crippen LogP contribution in [-0.4, -0.2) is 45.9 Å². The molecule has 1 aliphatic heterocycles. The summed E-state index contributed by atoms with van der Waals surface area (Å²) in [6.07, 6.45) is 5.46. The number of ether oxygens (including phenoxy) is 1. The number of hydrogen-bond acceptors (Lipinski definition) is 4. The Kier molecular flexibility index (Phi) is 4.60. The van der Waals surface area contributed by atoms with Crippen LogP contribution in [0.3, 0.4) is 0 Å². The number of piperidine rings is 1. The van der Waals surface area contributed by atoms with Gasteiger partial charge in [0.1, 0.15) is 5.65 Å². The van der Waals surface area contributed by atoms with E-state index < -0.39 is 0 Å². The monoisotopic (exact) mass is 315 g/mol. The molecule has 2 aromatic rings. The van der Waals surface area contributed by atoms with Crippen molar-refractivity contribution in [1.29, 1.82) is 0 Å². The molecule has 0 aromatic carbocycles. The maximum atomic E-state index is 12.4. The summed E-state index contributed by atoms with van der Waals surface area (Å²) < 4.78 is 6.96. The minimum absolute atomic E-state index is 0.0655. The van der Waals surface area contributed by atoms with Gasteiger partial charge in [-0.05, 0) is 31.9 Å². The Morgan fingerprint density at radius 2 is 2.09 bits per heavy atom. The first-order chi connectivity index (χ1) is 11.2. The van der Waals surface area contributed by atoms with Crippen molar-refractivity contribution >= 4 is 17.5 Å². The zero-order valence-electron chi connectivity index (χ0n) is 13.3. The minimum atomic E-state index is -0.139. The number of fused-ring (bicyclic) bond motifs is 1. The highest BCUT2D eigenvalue weighted by atomic mass is 16.5. The van der Waals surface area contributed by atoms with Crippen LogP contribution in [0.15, 0.2) is 30.6 Å². The summed E-state index contributed by atoms with van der Waals surface area (Å²) in [4.78, 5) is 30.4. The maximum absolute atomic E-state index is 12.4. The second kappa shape index (κ2) is 6.81. The number of rotatable bonds is 4. The molecule has 0 radical (unpaired) electrons. The van der Waals surface area contributed by atoms with E-state index in [9.17, 15) is 9.59 Å². The molecule has 0 atom stereocenters. The molecule has 0 N–H and O–H groups in total. The summed E-state index contributed by atoms with van der Waals surface area (Å²) in [5, 5.41) is 0. The Morgan fingerprint density at radius 1 is 1.30 bits per heavy atom. The van der Waals surface area contributed by atoms with E-state index in [0.29, 0.717) is 39.0 Å². The quantitative estimate of drug-likeness (QED) is 0.805. The summed E-state index contributed by atoms with van der Waals surface area (Å²) in [5.74, 6) is -0.148. The zero-order chi connectivity index (χ0) is 16.2. The SMILES string of the molecule is CCOC(=O)C1CCN(C(=O)Cc2cn3ccccc3n2)CC1. The van der Waals surface area contributed by atoms with Crippen molar-refractivity contribution in [2.24, 2.45) is 5.92 Å². The van der Waals surface area contributed by atoms with Crippen LogP contribution in [0, 0.1) is 5.92 Å². The average Bonchev–Trinajstić information content (AvgIpc) is 2.97. The molecule has 0 aliphatic carbocycles. The maximum Gasteiger partial charge on any atom is 0.309 e. The summed E-state index contributed by atoms with van der Waals surface area (Å²) in [5.41, 5.74) is 1.62. The summed E-state index contributed by atoms with van der Waals surface area (Å²) in [6.45, 7) is 3.43. The molecule has 3 rings (SSSR count). The van der Waals surface area contributed by atoms with Crippen LogP contribution in [0.25, 0.3) is 5.65 Å². The Morgan fingerprint density at radius 3 is 2.78 bits per heavy atom. The Hall–Kier alpha value is -2.37. The van der Waals surface area contributed by atoms with E-state index in [0.717, 1.165) is 11.3 Å². The average molecular weight is 315 g/mol. The normalized spacial score (nSPS) is 15.8. The van der Waals surface area contributed by atoms with E-state index in [1.807, 2.05) is 46.8 Å². The van der Waals surface area contributed by atoms with Gasteiger partial charge in [0, 0.05) is 25.5 Å². The molecule has 0 spiro atoms. The third kappa shape index (κ3) is 3.52. The second-order valence-electron chi connectivity index (χ2n) is 5.78. The Bertz CT molecular complexity index is 669. The van der Waals surface area contributed by atoms with Gasteiger partial charge in [-0.1, -0.05) is 6.07 Å². The van der Waals surface area contributed by atoms with Gasteiger partial charge in [0.2, 0.25) is 5.91 Å². The molecular formula is C17H21N3O3. The van der Waals surface area contributed by atoms with Crippen molar-refractivity contribution in [3.63, 3.8) is 0 Å². The molecule has 6 nitrogen and oxygen atoms in total. The van der Waals surface area contributed by atoms with Crippen LogP contribution < -0.4 is 0 Å². The number of carbonyl (C=O) groups excluding carboxylic acids is 2. The minimum Gasteiger partial charge on any atom is -0.466 e. The van der Waals surface area contributed by atoms with Gasteiger partial charge in [-0.15, -0.1) is 0 Å². The lowest BCUT2D eigenvalue weighted by Gasteiger charge is -2.30. The molecule has 122 valence electrons. The van der Waals surface area contributed by atoms with Gasteiger partial charge < -0.3 is 14.0 Å². The molecule has 1 saturated heterocycles. The van der Waals surface area contributed by atoms with E-state index in [1.165, 1.54) is 0 Å². The van der Waals surface area contributed by atoms with Gasteiger partial charge in [-0.25, -0.2) is 4.98 Å². The van der Waals surface area contributed by atoms with Gasteiger partial charge in [-0.2, -0.15) is 0 Å². The summed E-state index contributed by atoms with van der Waals surface area (Å²) in [6, 6.07) is 5.77. The number of aromatic nitrogens is 2. The Balaban J connectivity index is 1.56. The van der Waals surface area contributed by atoms with Crippen molar-refractivity contribution < 1.29 is 14.3 Å². The van der Waals surface area contributed by atoms with E-state index >= 15 is 0 Å². The molecule has 1 amide bonds. The fourth-order valence-corrected chi connectivity index (χ4v) is 2.96. The number of esters is 1. The molecule has 3 heterocycles. The van der Waals surface area contributed by atoms with Gasteiger partial charge in [0.05, 0.1) is 24.6 Å². The molecule has 6 heteroatoms. The molecule has 0 bridgehead atoms. The van der Waals surface area contributed by atoms with Crippen LogP contribution in [-0.2, 0) is 20.7 Å². The van der Waals surface area contributed by atoms with E-state index in [1.54, 1.807) is 0 Å². The van der Waals surface area contributed by atoms with Crippen molar-refractivity contribution in [2.45, 2.75) is 26.2 Å². The first kappa shape index (κ1) is 15.5. The van der Waals surface area contributed by atoms with Crippen LogP contribution in [0.2, 0.25) is 0 Å². The van der Waals surface area contributed by atoms with E-state index in [4.69, 9.17) is 4.74 Å². The number of hydrogen-bond donors (Lipinski definition) is 0. The molecule has 1 fully saturated rings. The molecule has 23 heavy (non-hydrogen) atoms. The predicted molar refractivity (Wildman–Crippen MR) is 84.8 cm³/mol. The van der Waals surface area contributed by atoms with Gasteiger partial charge in [0.25, 0.3) is 0 Å².